The first-order valence-corrected chi connectivity index (χ1v) is 14.3. The van der Waals surface area contributed by atoms with Crippen LogP contribution < -0.4 is 19.8 Å². The summed E-state index contributed by atoms with van der Waals surface area (Å²) >= 11 is 4.87. The minimum atomic E-state index is -0.638. The van der Waals surface area contributed by atoms with Crippen LogP contribution in [0, 0.1) is 0 Å². The van der Waals surface area contributed by atoms with Crippen LogP contribution >= 0.6 is 27.3 Å². The molecule has 2 aromatic heterocycles. The maximum atomic E-state index is 13.8. The average Bonchev–Trinajstić information content (AvgIpc) is 3.42. The molecular weight excluding hydrogens is 570 g/mol. The van der Waals surface area contributed by atoms with Gasteiger partial charge in [-0.1, -0.05) is 49.4 Å². The van der Waals surface area contributed by atoms with Crippen molar-refractivity contribution in [3.05, 3.63) is 82.6 Å². The van der Waals surface area contributed by atoms with E-state index in [1.54, 1.807) is 24.5 Å². The fraction of sp³-hybridized carbons (Fsp3) is 0.393. The number of hydrogen-bond donors (Lipinski definition) is 0. The van der Waals surface area contributed by atoms with Gasteiger partial charge in [-0.05, 0) is 46.8 Å². The van der Waals surface area contributed by atoms with Gasteiger partial charge in [0, 0.05) is 25.2 Å². The van der Waals surface area contributed by atoms with Crippen LogP contribution in [-0.4, -0.2) is 43.4 Å². The Kier molecular flexibility index (Phi) is 7.74. The normalized spacial score (nSPS) is 18.1. The second kappa shape index (κ2) is 11.0. The zero-order valence-electron chi connectivity index (χ0n) is 21.8. The van der Waals surface area contributed by atoms with Crippen LogP contribution in [0.5, 0.6) is 0 Å². The third-order valence-corrected chi connectivity index (χ3v) is 8.25. The fourth-order valence-electron chi connectivity index (χ4n) is 4.73. The summed E-state index contributed by atoms with van der Waals surface area (Å²) in [6.45, 7) is 10.8. The van der Waals surface area contributed by atoms with E-state index in [-0.39, 0.29) is 12.2 Å². The number of allylic oxidation sites excluding steroid dienone is 1. The first-order chi connectivity index (χ1) is 18.3. The predicted octanol–water partition coefficient (Wildman–Crippen LogP) is 4.11. The molecule has 0 N–H and O–H groups in total. The van der Waals surface area contributed by atoms with Gasteiger partial charge in [0.15, 0.2) is 4.80 Å². The summed E-state index contributed by atoms with van der Waals surface area (Å²) in [4.78, 5) is 34.2. The molecule has 0 unspecified atom stereocenters. The van der Waals surface area contributed by atoms with Crippen molar-refractivity contribution in [2.75, 3.05) is 37.8 Å². The molecule has 1 fully saturated rings. The highest BCUT2D eigenvalue weighted by atomic mass is 79.9. The molecule has 2 aliphatic rings. The molecule has 3 aromatic rings. The standard InChI is InChI=1S/C28H30BrN3O5S/c1-5-36-27(34)23-17(4)30-28-32(24(23)19-8-6-18(7-9-19)16(2)3)25(33)22(38-28)15-20-14-21(29)26(37-20)31-10-12-35-13-11-31/h6-9,14-16,24H,5,10-13H2,1-4H3/b22-15+/t24-/m1/s1. The number of anilines is 1. The largest absolute Gasteiger partial charge is 0.463 e. The van der Waals surface area contributed by atoms with Gasteiger partial charge in [-0.15, -0.1) is 0 Å². The van der Waals surface area contributed by atoms with Gasteiger partial charge < -0.3 is 18.8 Å². The van der Waals surface area contributed by atoms with E-state index in [2.05, 4.69) is 39.7 Å². The number of morpholine rings is 1. The number of thiazole rings is 1. The second-order valence-corrected chi connectivity index (χ2v) is 11.4. The van der Waals surface area contributed by atoms with Gasteiger partial charge >= 0.3 is 5.97 Å². The van der Waals surface area contributed by atoms with Crippen molar-refractivity contribution in [2.24, 2.45) is 4.99 Å². The first-order valence-electron chi connectivity index (χ1n) is 12.7. The Morgan fingerprint density at radius 1 is 1.26 bits per heavy atom. The SMILES string of the molecule is CCOC(=O)C1=C(C)N=c2s/c(=C/c3cc(Br)c(N4CCOCC4)o3)c(=O)n2[C@@H]1c1ccc(C(C)C)cc1. The number of halogens is 1. The molecule has 2 aliphatic heterocycles. The van der Waals surface area contributed by atoms with Crippen molar-refractivity contribution in [3.63, 3.8) is 0 Å². The zero-order chi connectivity index (χ0) is 27.0. The molecule has 1 saturated heterocycles. The highest BCUT2D eigenvalue weighted by Gasteiger charge is 2.33. The van der Waals surface area contributed by atoms with Gasteiger partial charge in [-0.3, -0.25) is 9.36 Å². The monoisotopic (exact) mass is 599 g/mol. The first kappa shape index (κ1) is 26.6. The number of aromatic nitrogens is 1. The molecule has 0 spiro atoms. The van der Waals surface area contributed by atoms with Crippen LogP contribution in [0.25, 0.3) is 6.08 Å². The Balaban J connectivity index is 1.62. The van der Waals surface area contributed by atoms with Crippen LogP contribution in [0.3, 0.4) is 0 Å². The topological polar surface area (TPSA) is 86.3 Å². The smallest absolute Gasteiger partial charge is 0.338 e. The Hall–Kier alpha value is -2.95. The predicted molar refractivity (Wildman–Crippen MR) is 150 cm³/mol. The number of ether oxygens (including phenoxy) is 2. The van der Waals surface area contributed by atoms with Crippen molar-refractivity contribution >= 4 is 45.2 Å². The second-order valence-electron chi connectivity index (χ2n) is 9.52. The number of esters is 1. The van der Waals surface area contributed by atoms with Crippen LogP contribution in [0.2, 0.25) is 0 Å². The molecule has 38 heavy (non-hydrogen) atoms. The molecule has 5 rings (SSSR count). The van der Waals surface area contributed by atoms with E-state index in [0.717, 1.165) is 29.0 Å². The minimum absolute atomic E-state index is 0.234. The molecular formula is C28H30BrN3O5S. The third-order valence-electron chi connectivity index (χ3n) is 6.70. The maximum absolute atomic E-state index is 13.8. The van der Waals surface area contributed by atoms with E-state index in [4.69, 9.17) is 13.9 Å². The van der Waals surface area contributed by atoms with Crippen molar-refractivity contribution in [3.8, 4) is 0 Å². The van der Waals surface area contributed by atoms with Crippen molar-refractivity contribution in [2.45, 2.75) is 39.7 Å². The van der Waals surface area contributed by atoms with Crippen molar-refractivity contribution in [1.82, 2.24) is 4.57 Å². The number of benzene rings is 1. The van der Waals surface area contributed by atoms with Crippen LogP contribution in [-0.2, 0) is 14.3 Å². The van der Waals surface area contributed by atoms with Crippen molar-refractivity contribution < 1.29 is 18.7 Å². The average molecular weight is 601 g/mol. The Morgan fingerprint density at radius 2 is 1.97 bits per heavy atom. The highest BCUT2D eigenvalue weighted by molar-refractivity contribution is 9.10. The maximum Gasteiger partial charge on any atom is 0.338 e. The van der Waals surface area contributed by atoms with E-state index in [9.17, 15) is 9.59 Å². The van der Waals surface area contributed by atoms with E-state index in [1.165, 1.54) is 16.9 Å². The van der Waals surface area contributed by atoms with Crippen LogP contribution in [0.4, 0.5) is 5.88 Å². The quantitative estimate of drug-likeness (QED) is 0.396. The molecule has 200 valence electrons. The Bertz CT molecular complexity index is 1560. The summed E-state index contributed by atoms with van der Waals surface area (Å²) in [6.07, 6.45) is 1.74. The lowest BCUT2D eigenvalue weighted by Crippen LogP contribution is -2.39. The molecule has 1 atom stereocenters. The molecule has 0 amide bonds. The summed E-state index contributed by atoms with van der Waals surface area (Å²) in [5, 5.41) is 0. The lowest BCUT2D eigenvalue weighted by atomic mass is 9.93. The molecule has 0 bridgehead atoms. The van der Waals surface area contributed by atoms with E-state index in [0.29, 0.717) is 45.5 Å². The van der Waals surface area contributed by atoms with E-state index < -0.39 is 12.0 Å². The van der Waals surface area contributed by atoms with Gasteiger partial charge in [0.2, 0.25) is 5.88 Å². The minimum Gasteiger partial charge on any atom is -0.463 e. The number of hydrogen-bond acceptors (Lipinski definition) is 8. The molecule has 1 aromatic carbocycles. The summed E-state index contributed by atoms with van der Waals surface area (Å²) in [6, 6.07) is 9.27. The summed E-state index contributed by atoms with van der Waals surface area (Å²) in [5.74, 6) is 1.17. The molecule has 0 saturated carbocycles. The van der Waals surface area contributed by atoms with Gasteiger partial charge in [0.25, 0.3) is 5.56 Å². The number of carbonyl (C=O) groups excluding carboxylic acids is 1. The fourth-order valence-corrected chi connectivity index (χ4v) is 6.31. The number of fused-ring (bicyclic) bond motifs is 1. The summed E-state index contributed by atoms with van der Waals surface area (Å²) < 4.78 is 19.8. The number of rotatable bonds is 6. The molecule has 0 aliphatic carbocycles. The number of furan rings is 1. The molecule has 10 heteroatoms. The van der Waals surface area contributed by atoms with Crippen LogP contribution in [0.1, 0.15) is 56.5 Å². The van der Waals surface area contributed by atoms with Gasteiger partial charge in [0.05, 0.1) is 46.1 Å². The van der Waals surface area contributed by atoms with Gasteiger partial charge in [0.1, 0.15) is 5.76 Å². The highest BCUT2D eigenvalue weighted by Crippen LogP contribution is 2.33. The molecule has 0 radical (unpaired) electrons. The molecule has 4 heterocycles. The zero-order valence-corrected chi connectivity index (χ0v) is 24.2. The Labute approximate surface area is 233 Å². The van der Waals surface area contributed by atoms with Gasteiger partial charge in [-0.25, -0.2) is 9.79 Å². The van der Waals surface area contributed by atoms with E-state index >= 15 is 0 Å². The molecule has 8 nitrogen and oxygen atoms in total. The Morgan fingerprint density at radius 3 is 2.63 bits per heavy atom. The van der Waals surface area contributed by atoms with Gasteiger partial charge in [-0.2, -0.15) is 0 Å². The van der Waals surface area contributed by atoms with Crippen LogP contribution in [0.15, 0.2) is 60.3 Å². The lowest BCUT2D eigenvalue weighted by Gasteiger charge is -2.26. The van der Waals surface area contributed by atoms with Crippen molar-refractivity contribution in [1.29, 1.82) is 0 Å². The third kappa shape index (κ3) is 5.04. The summed E-state index contributed by atoms with van der Waals surface area (Å²) in [7, 11) is 0. The summed E-state index contributed by atoms with van der Waals surface area (Å²) in [5.41, 5.74) is 2.69. The number of nitrogens with zero attached hydrogens (tertiary/aromatic N) is 3. The number of carbonyl (C=O) groups is 1. The van der Waals surface area contributed by atoms with E-state index in [1.807, 2.05) is 30.3 Å². The lowest BCUT2D eigenvalue weighted by molar-refractivity contribution is -0.139.